The average molecular weight is 1160 g/mol. The van der Waals surface area contributed by atoms with Crippen LogP contribution >= 0.6 is 0 Å². The Labute approximate surface area is 500 Å². The summed E-state index contributed by atoms with van der Waals surface area (Å²) < 4.78 is 3.63. The summed E-state index contributed by atoms with van der Waals surface area (Å²) in [5.41, 5.74) is 6.59. The number of aliphatic hydroxyl groups excluding tert-OH is 4. The second-order valence-corrected chi connectivity index (χ2v) is 24.0. The Morgan fingerprint density at radius 2 is 0.953 bits per heavy atom. The summed E-state index contributed by atoms with van der Waals surface area (Å²) in [5.74, 6) is 1.68. The van der Waals surface area contributed by atoms with E-state index < -0.39 is 48.5 Å². The van der Waals surface area contributed by atoms with Crippen LogP contribution in [0.5, 0.6) is 0 Å². The van der Waals surface area contributed by atoms with Crippen molar-refractivity contribution in [1.29, 1.82) is 0 Å². The van der Waals surface area contributed by atoms with Gasteiger partial charge in [-0.25, -0.2) is 9.97 Å². The van der Waals surface area contributed by atoms with Gasteiger partial charge in [-0.1, -0.05) is 135 Å². The number of Topliss-reactive ketones (excluding diaryl/α,β-unsaturated/α-hetero) is 2. The Balaban J connectivity index is 0.765. The zero-order chi connectivity index (χ0) is 59.4. The number of rotatable bonds is 23. The van der Waals surface area contributed by atoms with Gasteiger partial charge in [0.1, 0.15) is 29.9 Å². The van der Waals surface area contributed by atoms with Crippen molar-refractivity contribution in [3.63, 3.8) is 0 Å². The maximum absolute atomic E-state index is 14.2. The Bertz CT molecular complexity index is 3320. The van der Waals surface area contributed by atoms with Crippen LogP contribution in [-0.4, -0.2) is 147 Å². The summed E-state index contributed by atoms with van der Waals surface area (Å²) in [6.45, 7) is 6.92. The van der Waals surface area contributed by atoms with E-state index in [0.717, 1.165) is 35.1 Å². The topological polar surface area (TPSA) is 262 Å². The first-order chi connectivity index (χ1) is 41.9. The molecule has 12 rings (SSSR count). The highest BCUT2D eigenvalue weighted by Gasteiger charge is 2.45. The lowest BCUT2D eigenvalue weighted by Gasteiger charge is -2.22. The molecule has 10 atom stereocenters. The van der Waals surface area contributed by atoms with Crippen LogP contribution in [0.3, 0.4) is 0 Å². The molecule has 2 aliphatic carbocycles. The maximum Gasteiger partial charge on any atom is 0.229 e. The van der Waals surface area contributed by atoms with Crippen molar-refractivity contribution in [2.75, 3.05) is 59.7 Å². The molecule has 1 amide bonds. The summed E-state index contributed by atoms with van der Waals surface area (Å²) in [6, 6.07) is 39.4. The normalized spacial score (nSPS) is 24.0. The van der Waals surface area contributed by atoms with Crippen molar-refractivity contribution in [2.45, 2.75) is 126 Å². The molecule has 2 saturated carbocycles. The number of carbonyl (C=O) groups is 3. The van der Waals surface area contributed by atoms with Crippen LogP contribution in [0, 0.1) is 17.8 Å². The predicted octanol–water partition coefficient (Wildman–Crippen LogP) is 7.37. The number of aliphatic hydroxyl groups is 4. The third-order valence-corrected chi connectivity index (χ3v) is 18.4. The first-order valence-corrected chi connectivity index (χ1v) is 30.6. The monoisotopic (exact) mass is 1160 g/mol. The highest BCUT2D eigenvalue weighted by Crippen LogP contribution is 2.41. The summed E-state index contributed by atoms with van der Waals surface area (Å²) in [6.07, 6.45) is 2.47. The number of amides is 1. The fourth-order valence-electron chi connectivity index (χ4n) is 13.7. The van der Waals surface area contributed by atoms with Crippen LogP contribution in [0.4, 0.5) is 23.5 Å². The number of nitrogens with one attached hydrogen (secondary N) is 3. The van der Waals surface area contributed by atoms with Gasteiger partial charge < -0.3 is 55.3 Å². The molecular formula is C66H77N13O7. The Kier molecular flexibility index (Phi) is 17.5. The van der Waals surface area contributed by atoms with Crippen LogP contribution in [0.25, 0.3) is 22.3 Å². The van der Waals surface area contributed by atoms with Gasteiger partial charge in [-0.15, -0.1) is 0 Å². The second-order valence-electron chi connectivity index (χ2n) is 24.0. The predicted molar refractivity (Wildman–Crippen MR) is 329 cm³/mol. The summed E-state index contributed by atoms with van der Waals surface area (Å²) in [4.78, 5) is 73.8. The highest BCUT2D eigenvalue weighted by atomic mass is 16.3. The standard InChI is InChI=1S/C66H77N13O7/c1-3-47(80)31-46-32-52(59(85)57(46)83)78-38-69-55-61(67-34-49(42-17-9-5-10-18-42)43-19-11-6-12-20-43)72-65(74-63(55)78)76-27-25-40(36-76)29-48(81)30-41-26-28-77(37-41)66-73-62(68-35-50(44-21-13-7-14-22-44)45-23-15-8-16-24-45)56-64(75-66)79(39-70-56)53-33-51(58(84)60(53)86)71-54(82)4-2/h5-24,38-41,46,49-53,57-60,83-86H,3-4,25-37H2,1-2H3,(H,71,82)(H,67,72,74)(H,68,73,75)/t40-,41?,46-,51?,52+,53+,57+,58+,59-,60-/m0/s1. The van der Waals surface area contributed by atoms with Crippen LogP contribution in [0.15, 0.2) is 134 Å². The molecule has 86 heavy (non-hydrogen) atoms. The number of hydrogen-bond acceptors (Lipinski definition) is 17. The molecule has 20 heteroatoms. The summed E-state index contributed by atoms with van der Waals surface area (Å²) >= 11 is 0. The molecular weight excluding hydrogens is 1090 g/mol. The second kappa shape index (κ2) is 25.8. The lowest BCUT2D eigenvalue weighted by atomic mass is 9.91. The van der Waals surface area contributed by atoms with Crippen LogP contribution in [0.2, 0.25) is 0 Å². The minimum atomic E-state index is -1.19. The zero-order valence-corrected chi connectivity index (χ0v) is 48.7. The van der Waals surface area contributed by atoms with E-state index in [1.807, 2.05) is 84.3 Å². The van der Waals surface area contributed by atoms with Gasteiger partial charge >= 0.3 is 0 Å². The number of benzene rings is 4. The van der Waals surface area contributed by atoms with E-state index in [-0.39, 0.29) is 60.4 Å². The number of carbonyl (C=O) groups excluding carboxylic acids is 3. The van der Waals surface area contributed by atoms with Crippen LogP contribution in [-0.2, 0) is 14.4 Å². The Hall–Kier alpha value is -8.17. The molecule has 4 aromatic heterocycles. The van der Waals surface area contributed by atoms with E-state index in [9.17, 15) is 34.8 Å². The maximum atomic E-state index is 14.2. The number of imidazole rings is 2. The molecule has 2 saturated heterocycles. The lowest BCUT2D eigenvalue weighted by molar-refractivity contribution is -0.122. The van der Waals surface area contributed by atoms with Crippen LogP contribution in [0.1, 0.15) is 118 Å². The molecule has 4 aromatic carbocycles. The van der Waals surface area contributed by atoms with Crippen molar-refractivity contribution in [2.24, 2.45) is 17.8 Å². The molecule has 7 N–H and O–H groups in total. The highest BCUT2D eigenvalue weighted by molar-refractivity contribution is 5.86. The van der Waals surface area contributed by atoms with Gasteiger partial charge in [0.05, 0.1) is 36.9 Å². The molecule has 4 aliphatic rings. The van der Waals surface area contributed by atoms with Gasteiger partial charge in [0.2, 0.25) is 17.8 Å². The number of ketones is 2. The van der Waals surface area contributed by atoms with Crippen molar-refractivity contribution in [3.8, 4) is 0 Å². The molecule has 20 nitrogen and oxygen atoms in total. The summed E-state index contributed by atoms with van der Waals surface area (Å²) in [5, 5.41) is 55.5. The Morgan fingerprint density at radius 1 is 0.523 bits per heavy atom. The quantitative estimate of drug-likeness (QED) is 0.0330. The van der Waals surface area contributed by atoms with Gasteiger partial charge in [0, 0.05) is 83.2 Å². The fourth-order valence-corrected chi connectivity index (χ4v) is 13.7. The van der Waals surface area contributed by atoms with Crippen molar-refractivity contribution < 1.29 is 34.8 Å². The third-order valence-electron chi connectivity index (χ3n) is 18.4. The minimum Gasteiger partial charge on any atom is -0.390 e. The van der Waals surface area contributed by atoms with Gasteiger partial charge in [-0.05, 0) is 65.7 Å². The first kappa shape index (κ1) is 58.2. The van der Waals surface area contributed by atoms with Gasteiger partial charge in [-0.2, -0.15) is 19.9 Å². The van der Waals surface area contributed by atoms with E-state index in [0.29, 0.717) is 111 Å². The number of anilines is 4. The molecule has 448 valence electrons. The van der Waals surface area contributed by atoms with Gasteiger partial charge in [0.25, 0.3) is 0 Å². The molecule has 0 radical (unpaired) electrons. The lowest BCUT2D eigenvalue weighted by Crippen LogP contribution is -2.42. The van der Waals surface area contributed by atoms with E-state index in [1.165, 1.54) is 0 Å². The number of nitrogens with zero attached hydrogens (tertiary/aromatic N) is 10. The van der Waals surface area contributed by atoms with E-state index in [1.54, 1.807) is 24.1 Å². The van der Waals surface area contributed by atoms with E-state index in [2.05, 4.69) is 74.3 Å². The first-order valence-electron chi connectivity index (χ1n) is 30.6. The number of fused-ring (bicyclic) bond motifs is 2. The van der Waals surface area contributed by atoms with E-state index in [4.69, 9.17) is 29.9 Å². The molecule has 2 unspecified atom stereocenters. The van der Waals surface area contributed by atoms with Crippen LogP contribution < -0.4 is 25.8 Å². The molecule has 8 aromatic rings. The smallest absolute Gasteiger partial charge is 0.229 e. The number of hydrogen-bond donors (Lipinski definition) is 7. The van der Waals surface area contributed by atoms with Crippen molar-refractivity contribution in [3.05, 3.63) is 156 Å². The van der Waals surface area contributed by atoms with Gasteiger partial charge in [-0.3, -0.25) is 14.4 Å². The molecule has 6 heterocycles. The van der Waals surface area contributed by atoms with Gasteiger partial charge in [0.15, 0.2) is 34.0 Å². The summed E-state index contributed by atoms with van der Waals surface area (Å²) in [7, 11) is 0. The molecule has 0 bridgehead atoms. The average Bonchev–Trinajstić information content (AvgIpc) is 4.42. The third kappa shape index (κ3) is 12.3. The molecule has 0 spiro atoms. The van der Waals surface area contributed by atoms with Crippen molar-refractivity contribution in [1.82, 2.24) is 44.4 Å². The van der Waals surface area contributed by atoms with Crippen molar-refractivity contribution >= 4 is 63.3 Å². The largest absolute Gasteiger partial charge is 0.390 e. The number of aromatic nitrogens is 8. The zero-order valence-electron chi connectivity index (χ0n) is 48.7. The fraction of sp³-hybridized carbons (Fsp3) is 0.439. The molecule has 4 fully saturated rings. The minimum absolute atomic E-state index is 0.0202. The molecule has 2 aliphatic heterocycles. The SMILES string of the molecule is CCC(=O)C[C@H]1C[C@@H](n2cnc3c(NCC(c4ccccc4)c4ccccc4)nc(N4CC[C@@H](CC(=O)CC5CCN(c6nc(NCC(c7ccccc7)c7ccccc7)c7ncn([C@@H]8CC(NC(=O)CC)[C@@H](O)[C@H]8O)c7n6)C5)C4)nc32)[C@H](O)[C@@H]1O. The Morgan fingerprint density at radius 3 is 1.38 bits per heavy atom. The van der Waals surface area contributed by atoms with E-state index >= 15 is 0 Å².